The Morgan fingerprint density at radius 3 is 2.32 bits per heavy atom. The van der Waals surface area contributed by atoms with Gasteiger partial charge in [-0.15, -0.1) is 0 Å². The minimum absolute atomic E-state index is 0.0264. The normalized spacial score (nSPS) is 27.6. The smallest absolute Gasteiger partial charge is 0.282 e. The molecule has 8 nitrogen and oxygen atoms in total. The van der Waals surface area contributed by atoms with Gasteiger partial charge in [0.05, 0.1) is 24.7 Å². The molecule has 0 bridgehead atoms. The van der Waals surface area contributed by atoms with Crippen LogP contribution >= 0.6 is 0 Å². The van der Waals surface area contributed by atoms with Crippen molar-refractivity contribution in [1.29, 1.82) is 0 Å². The third-order valence-corrected chi connectivity index (χ3v) is 10.2. The first-order valence-electron chi connectivity index (χ1n) is 10.5. The monoisotopic (exact) mass is 437 g/mol. The summed E-state index contributed by atoms with van der Waals surface area (Å²) in [4.78, 5) is 2.28. The lowest BCUT2D eigenvalue weighted by Crippen LogP contribution is -2.52. The van der Waals surface area contributed by atoms with Crippen molar-refractivity contribution < 1.29 is 21.6 Å². The number of hydrogen-bond donors (Lipinski definition) is 0. The van der Waals surface area contributed by atoms with Crippen LogP contribution in [0.25, 0.3) is 0 Å². The molecular weight excluding hydrogens is 402 g/mol. The molecule has 0 aromatic carbocycles. The van der Waals surface area contributed by atoms with Gasteiger partial charge in [0, 0.05) is 38.8 Å². The van der Waals surface area contributed by atoms with Gasteiger partial charge in [0.2, 0.25) is 0 Å². The zero-order valence-electron chi connectivity index (χ0n) is 17.0. The minimum atomic E-state index is -3.68. The average molecular weight is 438 g/mol. The largest absolute Gasteiger partial charge is 0.379 e. The fourth-order valence-electron chi connectivity index (χ4n) is 4.56. The Morgan fingerprint density at radius 1 is 1.04 bits per heavy atom. The Kier molecular flexibility index (Phi) is 7.77. The molecule has 28 heavy (non-hydrogen) atoms. The number of hydrogen-bond acceptors (Lipinski definition) is 6. The summed E-state index contributed by atoms with van der Waals surface area (Å²) in [6.07, 6.45) is 6.15. The number of ether oxygens (including phenoxy) is 1. The van der Waals surface area contributed by atoms with Crippen molar-refractivity contribution in [1.82, 2.24) is 13.5 Å². The van der Waals surface area contributed by atoms with Gasteiger partial charge in [-0.1, -0.05) is 19.3 Å². The molecule has 164 valence electrons. The predicted molar refractivity (Wildman–Crippen MR) is 109 cm³/mol. The van der Waals surface area contributed by atoms with Crippen molar-refractivity contribution in [3.63, 3.8) is 0 Å². The fraction of sp³-hybridized carbons (Fsp3) is 1.00. The summed E-state index contributed by atoms with van der Waals surface area (Å²) >= 11 is 0. The van der Waals surface area contributed by atoms with Crippen molar-refractivity contribution in [3.05, 3.63) is 0 Å². The molecule has 10 heteroatoms. The molecule has 0 radical (unpaired) electrons. The van der Waals surface area contributed by atoms with Crippen LogP contribution in [0.2, 0.25) is 0 Å². The van der Waals surface area contributed by atoms with E-state index >= 15 is 0 Å². The van der Waals surface area contributed by atoms with Gasteiger partial charge < -0.3 is 4.74 Å². The van der Waals surface area contributed by atoms with Gasteiger partial charge in [0.25, 0.3) is 10.2 Å². The van der Waals surface area contributed by atoms with Gasteiger partial charge in [-0.2, -0.15) is 17.0 Å². The van der Waals surface area contributed by atoms with Crippen LogP contribution in [0, 0.1) is 0 Å². The summed E-state index contributed by atoms with van der Waals surface area (Å²) in [5, 5.41) is 0. The summed E-state index contributed by atoms with van der Waals surface area (Å²) in [6, 6.07) is -0.413. The zero-order chi connectivity index (χ0) is 20.2. The van der Waals surface area contributed by atoms with Crippen LogP contribution in [0.15, 0.2) is 0 Å². The van der Waals surface area contributed by atoms with E-state index in [4.69, 9.17) is 4.74 Å². The highest BCUT2D eigenvalue weighted by atomic mass is 32.2. The van der Waals surface area contributed by atoms with Gasteiger partial charge in [0.1, 0.15) is 0 Å². The number of morpholine rings is 1. The second kappa shape index (κ2) is 9.70. The number of sulfone groups is 1. The Balaban J connectivity index is 1.68. The van der Waals surface area contributed by atoms with E-state index in [0.29, 0.717) is 32.6 Å². The van der Waals surface area contributed by atoms with Crippen molar-refractivity contribution in [3.8, 4) is 0 Å². The highest BCUT2D eigenvalue weighted by Crippen LogP contribution is 2.28. The Hall–Kier alpha value is -0.260. The van der Waals surface area contributed by atoms with Crippen LogP contribution < -0.4 is 0 Å². The van der Waals surface area contributed by atoms with Crippen LogP contribution in [0.5, 0.6) is 0 Å². The molecule has 0 aromatic rings. The Morgan fingerprint density at radius 2 is 1.71 bits per heavy atom. The molecule has 2 aliphatic heterocycles. The molecule has 2 saturated heterocycles. The van der Waals surface area contributed by atoms with Crippen LogP contribution in [-0.2, 0) is 24.8 Å². The molecule has 0 amide bonds. The van der Waals surface area contributed by atoms with Crippen molar-refractivity contribution in [2.24, 2.45) is 0 Å². The third kappa shape index (κ3) is 5.66. The molecule has 0 spiro atoms. The lowest BCUT2D eigenvalue weighted by atomic mass is 9.96. The van der Waals surface area contributed by atoms with E-state index in [9.17, 15) is 16.8 Å². The lowest BCUT2D eigenvalue weighted by molar-refractivity contribution is 0.0366. The molecule has 1 aliphatic carbocycles. The summed E-state index contributed by atoms with van der Waals surface area (Å²) in [5.74, 6) is 0.0303. The SMILES string of the molecule is CN(C1CCCCC1)S(=O)(=O)N(CCCN1CCOCC1)C1CCS(=O)(=O)C1. The topological polar surface area (TPSA) is 87.2 Å². The van der Waals surface area contributed by atoms with Crippen LogP contribution in [0.1, 0.15) is 44.9 Å². The van der Waals surface area contributed by atoms with E-state index in [2.05, 4.69) is 4.90 Å². The van der Waals surface area contributed by atoms with Crippen LogP contribution in [-0.4, -0.2) is 100 Å². The number of rotatable bonds is 8. The quantitative estimate of drug-likeness (QED) is 0.556. The highest BCUT2D eigenvalue weighted by Gasteiger charge is 2.41. The maximum Gasteiger partial charge on any atom is 0.282 e. The van der Waals surface area contributed by atoms with Gasteiger partial charge in [-0.25, -0.2) is 8.42 Å². The average Bonchev–Trinajstić information content (AvgIpc) is 3.05. The van der Waals surface area contributed by atoms with Crippen LogP contribution in [0.4, 0.5) is 0 Å². The summed E-state index contributed by atoms with van der Waals surface area (Å²) in [7, 11) is -5.16. The fourth-order valence-corrected chi connectivity index (χ4v) is 8.22. The Labute approximate surface area is 170 Å². The molecule has 2 heterocycles. The van der Waals surface area contributed by atoms with Gasteiger partial charge in [-0.3, -0.25) is 4.90 Å². The summed E-state index contributed by atoms with van der Waals surface area (Å²) in [5.41, 5.74) is 0. The van der Waals surface area contributed by atoms with Crippen molar-refractivity contribution in [2.75, 3.05) is 57.9 Å². The maximum absolute atomic E-state index is 13.4. The molecular formula is C18H35N3O5S2. The first-order chi connectivity index (χ1) is 13.3. The molecule has 1 saturated carbocycles. The third-order valence-electron chi connectivity index (χ3n) is 6.32. The first kappa shape index (κ1) is 22.4. The molecule has 0 aromatic heterocycles. The lowest BCUT2D eigenvalue weighted by Gasteiger charge is -2.37. The van der Waals surface area contributed by atoms with E-state index < -0.39 is 26.1 Å². The Bertz CT molecular complexity index is 701. The van der Waals surface area contributed by atoms with Gasteiger partial charge >= 0.3 is 0 Å². The maximum atomic E-state index is 13.4. The second-order valence-corrected chi connectivity index (χ2v) is 12.5. The first-order valence-corrected chi connectivity index (χ1v) is 13.8. The van der Waals surface area contributed by atoms with E-state index in [1.807, 2.05) is 0 Å². The molecule has 3 fully saturated rings. The zero-order valence-corrected chi connectivity index (χ0v) is 18.6. The standard InChI is InChI=1S/C18H35N3O5S2/c1-19(17-6-3-2-4-7-17)28(24,25)21(18-8-15-27(22,23)16-18)10-5-9-20-11-13-26-14-12-20/h17-18H,2-16H2,1H3. The number of nitrogens with zero attached hydrogens (tertiary/aromatic N) is 3. The van der Waals surface area contributed by atoms with E-state index in [0.717, 1.165) is 51.7 Å². The second-order valence-electron chi connectivity index (χ2n) is 8.29. The van der Waals surface area contributed by atoms with Gasteiger partial charge in [0.15, 0.2) is 9.84 Å². The molecule has 1 atom stereocenters. The molecule has 3 rings (SSSR count). The summed E-state index contributed by atoms with van der Waals surface area (Å²) < 4.78 is 59.3. The molecule has 0 N–H and O–H groups in total. The molecule has 1 unspecified atom stereocenters. The van der Waals surface area contributed by atoms with Crippen LogP contribution in [0.3, 0.4) is 0 Å². The van der Waals surface area contributed by atoms with E-state index in [1.54, 1.807) is 7.05 Å². The molecule has 3 aliphatic rings. The van der Waals surface area contributed by atoms with Crippen molar-refractivity contribution in [2.45, 2.75) is 57.0 Å². The van der Waals surface area contributed by atoms with E-state index in [1.165, 1.54) is 8.61 Å². The van der Waals surface area contributed by atoms with Crippen molar-refractivity contribution >= 4 is 20.0 Å². The van der Waals surface area contributed by atoms with E-state index in [-0.39, 0.29) is 17.5 Å². The highest BCUT2D eigenvalue weighted by molar-refractivity contribution is 7.91. The predicted octanol–water partition coefficient (Wildman–Crippen LogP) is 0.707. The van der Waals surface area contributed by atoms with Gasteiger partial charge in [-0.05, 0) is 32.2 Å². The summed E-state index contributed by atoms with van der Waals surface area (Å²) in [6.45, 7) is 4.35. The minimum Gasteiger partial charge on any atom is -0.379 e.